The maximum Gasteiger partial charge on any atom is 0.289 e. The summed E-state index contributed by atoms with van der Waals surface area (Å²) in [5, 5.41) is 5.05. The van der Waals surface area contributed by atoms with Gasteiger partial charge in [0, 0.05) is 17.0 Å². The number of pyridine rings is 2. The number of aromatic nitrogens is 3. The van der Waals surface area contributed by atoms with Crippen LogP contribution in [-0.4, -0.2) is 26.8 Å². The third-order valence-corrected chi connectivity index (χ3v) is 6.53. The van der Waals surface area contributed by atoms with Gasteiger partial charge in [0.15, 0.2) is 0 Å². The van der Waals surface area contributed by atoms with Crippen LogP contribution in [0.2, 0.25) is 0 Å². The van der Waals surface area contributed by atoms with E-state index in [1.165, 1.54) is 11.3 Å². The summed E-state index contributed by atoms with van der Waals surface area (Å²) in [7, 11) is 0. The summed E-state index contributed by atoms with van der Waals surface area (Å²) in [5.41, 5.74) is 7.45. The Balaban J connectivity index is 1.38. The fourth-order valence-electron chi connectivity index (χ4n) is 3.15. The zero-order valence-electron chi connectivity index (χ0n) is 16.5. The number of carbonyl (C=O) groups is 2. The fraction of sp³-hybridized carbons (Fsp3) is 0. The number of amides is 2. The topological polar surface area (TPSA) is 96.9 Å². The van der Waals surface area contributed by atoms with Crippen molar-refractivity contribution < 1.29 is 9.59 Å². The molecular formula is C23H15N5O2S2. The Labute approximate surface area is 190 Å². The molecule has 0 aliphatic carbocycles. The number of para-hydroxylation sites is 1. The second kappa shape index (κ2) is 8.66. The molecule has 0 radical (unpaired) electrons. The van der Waals surface area contributed by atoms with Gasteiger partial charge in [0.1, 0.15) is 10.7 Å². The first-order valence-corrected chi connectivity index (χ1v) is 11.4. The molecule has 5 aromatic rings. The molecule has 0 spiro atoms. The predicted octanol–water partition coefficient (Wildman–Crippen LogP) is 4.56. The average molecular weight is 458 g/mol. The zero-order valence-corrected chi connectivity index (χ0v) is 18.1. The van der Waals surface area contributed by atoms with Gasteiger partial charge >= 0.3 is 0 Å². The maximum absolute atomic E-state index is 13.0. The van der Waals surface area contributed by atoms with Gasteiger partial charge in [-0.25, -0.2) is 9.97 Å². The standard InChI is InChI=1S/C23H15N5O2S2/c29-21(27-28-22(30)19-13-32-23(26-19)20-9-5-11-31-20)15-12-18(17-8-3-4-10-24-17)25-16-7-2-1-6-14(15)16/h1-13H,(H,27,29)(H,28,30). The van der Waals surface area contributed by atoms with Gasteiger partial charge in [-0.3, -0.25) is 25.4 Å². The van der Waals surface area contributed by atoms with Crippen LogP contribution >= 0.6 is 22.7 Å². The molecule has 0 aliphatic rings. The second-order valence-electron chi connectivity index (χ2n) is 6.71. The van der Waals surface area contributed by atoms with Crippen LogP contribution < -0.4 is 10.9 Å². The summed E-state index contributed by atoms with van der Waals surface area (Å²) in [6.45, 7) is 0. The van der Waals surface area contributed by atoms with Gasteiger partial charge in [-0.15, -0.1) is 22.7 Å². The molecule has 0 fully saturated rings. The van der Waals surface area contributed by atoms with Gasteiger partial charge in [0.2, 0.25) is 0 Å². The molecular weight excluding hydrogens is 442 g/mol. The van der Waals surface area contributed by atoms with Crippen molar-refractivity contribution in [3.8, 4) is 21.3 Å². The van der Waals surface area contributed by atoms with Gasteiger partial charge in [0.25, 0.3) is 11.8 Å². The van der Waals surface area contributed by atoms with E-state index in [1.807, 2.05) is 60.0 Å². The van der Waals surface area contributed by atoms with Crippen molar-refractivity contribution in [3.63, 3.8) is 0 Å². The van der Waals surface area contributed by atoms with Crippen LogP contribution in [0, 0.1) is 0 Å². The van der Waals surface area contributed by atoms with E-state index in [4.69, 9.17) is 0 Å². The number of thiophene rings is 1. The molecule has 0 aliphatic heterocycles. The highest BCUT2D eigenvalue weighted by Crippen LogP contribution is 2.28. The summed E-state index contributed by atoms with van der Waals surface area (Å²) < 4.78 is 0. The van der Waals surface area contributed by atoms with Gasteiger partial charge < -0.3 is 0 Å². The first-order chi connectivity index (χ1) is 15.7. The molecule has 32 heavy (non-hydrogen) atoms. The predicted molar refractivity (Wildman–Crippen MR) is 125 cm³/mol. The van der Waals surface area contributed by atoms with Crippen molar-refractivity contribution in [1.82, 2.24) is 25.8 Å². The second-order valence-corrected chi connectivity index (χ2v) is 8.52. The van der Waals surface area contributed by atoms with Crippen molar-refractivity contribution in [3.05, 3.63) is 88.9 Å². The van der Waals surface area contributed by atoms with Gasteiger partial charge in [0.05, 0.1) is 27.3 Å². The molecule has 0 atom stereocenters. The molecule has 2 amide bonds. The average Bonchev–Trinajstić information content (AvgIpc) is 3.54. The Morgan fingerprint density at radius 1 is 0.812 bits per heavy atom. The lowest BCUT2D eigenvalue weighted by Crippen LogP contribution is -2.41. The number of rotatable bonds is 4. The molecule has 4 heterocycles. The highest BCUT2D eigenvalue weighted by atomic mass is 32.1. The third-order valence-electron chi connectivity index (χ3n) is 4.65. The first kappa shape index (κ1) is 20.0. The Bertz CT molecular complexity index is 1420. The number of fused-ring (bicyclic) bond motifs is 1. The van der Waals surface area contributed by atoms with E-state index in [2.05, 4.69) is 25.8 Å². The van der Waals surface area contributed by atoms with E-state index in [-0.39, 0.29) is 5.69 Å². The van der Waals surface area contributed by atoms with Gasteiger partial charge in [-0.1, -0.05) is 30.3 Å². The molecule has 9 heteroatoms. The van der Waals surface area contributed by atoms with Crippen LogP contribution in [0.15, 0.2) is 77.6 Å². The molecule has 0 saturated carbocycles. The number of carbonyl (C=O) groups excluding carboxylic acids is 2. The number of hydrazine groups is 1. The van der Waals surface area contributed by atoms with E-state index in [1.54, 1.807) is 29.0 Å². The van der Waals surface area contributed by atoms with Gasteiger partial charge in [-0.2, -0.15) is 0 Å². The highest BCUT2D eigenvalue weighted by Gasteiger charge is 2.17. The molecule has 2 N–H and O–H groups in total. The number of nitrogens with zero attached hydrogens (tertiary/aromatic N) is 3. The number of thiazole rings is 1. The van der Waals surface area contributed by atoms with Crippen LogP contribution in [0.3, 0.4) is 0 Å². The lowest BCUT2D eigenvalue weighted by Gasteiger charge is -2.10. The minimum atomic E-state index is -0.485. The van der Waals surface area contributed by atoms with Crippen LogP contribution in [0.1, 0.15) is 20.8 Å². The number of benzene rings is 1. The zero-order chi connectivity index (χ0) is 21.9. The SMILES string of the molecule is O=C(NNC(=O)c1cc(-c2ccccn2)nc2ccccc12)c1csc(-c2cccs2)n1. The number of hydrogen-bond acceptors (Lipinski definition) is 7. The first-order valence-electron chi connectivity index (χ1n) is 9.60. The van der Waals surface area contributed by atoms with Crippen LogP contribution in [0.5, 0.6) is 0 Å². The Hall–Kier alpha value is -3.95. The van der Waals surface area contributed by atoms with Crippen molar-refractivity contribution >= 4 is 45.4 Å². The Kier molecular flexibility index (Phi) is 5.40. The summed E-state index contributed by atoms with van der Waals surface area (Å²) >= 11 is 2.93. The third kappa shape index (κ3) is 3.98. The van der Waals surface area contributed by atoms with Crippen molar-refractivity contribution in [2.45, 2.75) is 0 Å². The maximum atomic E-state index is 13.0. The number of hydrogen-bond donors (Lipinski definition) is 2. The van der Waals surface area contributed by atoms with E-state index < -0.39 is 11.8 Å². The smallest absolute Gasteiger partial charge is 0.267 e. The molecule has 0 saturated heterocycles. The molecule has 0 unspecified atom stereocenters. The monoisotopic (exact) mass is 457 g/mol. The van der Waals surface area contributed by atoms with Crippen molar-refractivity contribution in [1.29, 1.82) is 0 Å². The summed E-state index contributed by atoms with van der Waals surface area (Å²) in [6, 6.07) is 18.4. The van der Waals surface area contributed by atoms with E-state index in [0.717, 1.165) is 9.88 Å². The van der Waals surface area contributed by atoms with E-state index in [9.17, 15) is 9.59 Å². The Morgan fingerprint density at radius 3 is 2.47 bits per heavy atom. The molecule has 5 rings (SSSR count). The lowest BCUT2D eigenvalue weighted by molar-refractivity contribution is 0.0845. The molecule has 156 valence electrons. The summed E-state index contributed by atoms with van der Waals surface area (Å²) in [4.78, 5) is 39.8. The number of nitrogens with one attached hydrogen (secondary N) is 2. The summed E-state index contributed by atoms with van der Waals surface area (Å²) in [5.74, 6) is -0.941. The Morgan fingerprint density at radius 2 is 1.66 bits per heavy atom. The summed E-state index contributed by atoms with van der Waals surface area (Å²) in [6.07, 6.45) is 1.67. The van der Waals surface area contributed by atoms with E-state index >= 15 is 0 Å². The minimum Gasteiger partial charge on any atom is -0.267 e. The minimum absolute atomic E-state index is 0.243. The molecule has 7 nitrogen and oxygen atoms in total. The van der Waals surface area contributed by atoms with E-state index in [0.29, 0.717) is 27.9 Å². The quantitative estimate of drug-likeness (QED) is 0.386. The molecule has 0 bridgehead atoms. The largest absolute Gasteiger partial charge is 0.289 e. The fourth-order valence-corrected chi connectivity index (χ4v) is 4.76. The van der Waals surface area contributed by atoms with Gasteiger partial charge in [-0.05, 0) is 35.7 Å². The molecule has 1 aromatic carbocycles. The lowest BCUT2D eigenvalue weighted by atomic mass is 10.1. The van der Waals surface area contributed by atoms with Crippen molar-refractivity contribution in [2.75, 3.05) is 0 Å². The van der Waals surface area contributed by atoms with Crippen molar-refractivity contribution in [2.24, 2.45) is 0 Å². The van der Waals surface area contributed by atoms with Crippen LogP contribution in [0.4, 0.5) is 0 Å². The highest BCUT2D eigenvalue weighted by molar-refractivity contribution is 7.20. The van der Waals surface area contributed by atoms with Crippen LogP contribution in [-0.2, 0) is 0 Å². The normalized spacial score (nSPS) is 10.8. The van der Waals surface area contributed by atoms with Crippen LogP contribution in [0.25, 0.3) is 32.2 Å². The molecule has 4 aromatic heterocycles.